The first-order valence-electron chi connectivity index (χ1n) is 5.88. The number of H-pyrrole nitrogens is 1. The number of carbonyl (C=O) groups is 1. The summed E-state index contributed by atoms with van der Waals surface area (Å²) in [6.45, 7) is 3.57. The lowest BCUT2D eigenvalue weighted by atomic mass is 10.3. The predicted molar refractivity (Wildman–Crippen MR) is 75.2 cm³/mol. The standard InChI is InChI=1S/C10H18N4O4S2/c1-4-7-9(20(11,17)18)8(14-13-7)10(15)12-5-6(2)19(3)16/h6H,4-5H2,1-3H3,(H,12,15)(H,13,14)(H2,11,17,18). The molecule has 0 bridgehead atoms. The van der Waals surface area contributed by atoms with Gasteiger partial charge in [-0.15, -0.1) is 0 Å². The summed E-state index contributed by atoms with van der Waals surface area (Å²) in [4.78, 5) is 11.7. The fourth-order valence-corrected chi connectivity index (χ4v) is 2.76. The maximum atomic E-state index is 12.0. The van der Waals surface area contributed by atoms with Crippen LogP contribution >= 0.6 is 0 Å². The molecule has 0 saturated carbocycles. The molecule has 4 N–H and O–H groups in total. The van der Waals surface area contributed by atoms with E-state index in [1.54, 1.807) is 13.8 Å². The summed E-state index contributed by atoms with van der Waals surface area (Å²) in [5.41, 5.74) is 0.0169. The molecule has 114 valence electrons. The first-order valence-corrected chi connectivity index (χ1v) is 9.05. The van der Waals surface area contributed by atoms with Gasteiger partial charge in [-0.25, -0.2) is 13.6 Å². The maximum Gasteiger partial charge on any atom is 0.273 e. The van der Waals surface area contributed by atoms with E-state index in [9.17, 15) is 17.4 Å². The van der Waals surface area contributed by atoms with Gasteiger partial charge in [0.05, 0.1) is 5.69 Å². The number of aryl methyl sites for hydroxylation is 1. The highest BCUT2D eigenvalue weighted by Crippen LogP contribution is 2.17. The average Bonchev–Trinajstić information content (AvgIpc) is 2.78. The van der Waals surface area contributed by atoms with E-state index in [0.29, 0.717) is 6.42 Å². The van der Waals surface area contributed by atoms with Gasteiger partial charge in [-0.05, 0) is 13.3 Å². The Morgan fingerprint density at radius 2 is 2.15 bits per heavy atom. The summed E-state index contributed by atoms with van der Waals surface area (Å²) in [5.74, 6) is -0.665. The molecule has 0 aromatic carbocycles. The van der Waals surface area contributed by atoms with Crippen LogP contribution in [0.5, 0.6) is 0 Å². The molecular weight excluding hydrogens is 304 g/mol. The van der Waals surface area contributed by atoms with E-state index >= 15 is 0 Å². The SMILES string of the molecule is CCc1[nH]nc(C(=O)NCC(C)S(C)=O)c1S(N)(=O)=O. The van der Waals surface area contributed by atoms with Crippen molar-refractivity contribution < 1.29 is 17.4 Å². The van der Waals surface area contributed by atoms with Gasteiger partial charge in [0, 0.05) is 28.9 Å². The van der Waals surface area contributed by atoms with Crippen molar-refractivity contribution in [2.75, 3.05) is 12.8 Å². The lowest BCUT2D eigenvalue weighted by Gasteiger charge is -2.09. The molecule has 1 amide bonds. The highest BCUT2D eigenvalue weighted by molar-refractivity contribution is 7.89. The van der Waals surface area contributed by atoms with E-state index in [2.05, 4.69) is 15.5 Å². The molecule has 0 saturated heterocycles. The largest absolute Gasteiger partial charge is 0.349 e. The van der Waals surface area contributed by atoms with E-state index in [0.717, 1.165) is 0 Å². The topological polar surface area (TPSA) is 135 Å². The zero-order chi connectivity index (χ0) is 15.5. The zero-order valence-electron chi connectivity index (χ0n) is 11.5. The van der Waals surface area contributed by atoms with Crippen molar-refractivity contribution in [2.45, 2.75) is 30.4 Å². The number of nitrogens with one attached hydrogen (secondary N) is 2. The van der Waals surface area contributed by atoms with Gasteiger partial charge in [-0.2, -0.15) is 5.10 Å². The molecule has 1 rings (SSSR count). The van der Waals surface area contributed by atoms with Gasteiger partial charge in [0.2, 0.25) is 10.0 Å². The minimum absolute atomic E-state index is 0.153. The average molecular weight is 322 g/mol. The summed E-state index contributed by atoms with van der Waals surface area (Å²) in [7, 11) is -5.14. The van der Waals surface area contributed by atoms with E-state index in [1.165, 1.54) is 6.26 Å². The van der Waals surface area contributed by atoms with Gasteiger partial charge in [0.25, 0.3) is 5.91 Å². The summed E-state index contributed by atoms with van der Waals surface area (Å²) >= 11 is 0. The molecule has 2 atom stereocenters. The fraction of sp³-hybridized carbons (Fsp3) is 0.600. The number of primary sulfonamides is 1. The summed E-state index contributed by atoms with van der Waals surface area (Å²) < 4.78 is 34.3. The smallest absolute Gasteiger partial charge is 0.273 e. The van der Waals surface area contributed by atoms with Gasteiger partial charge in [0.15, 0.2) is 5.69 Å². The molecule has 0 aliphatic rings. The molecule has 1 aromatic heterocycles. The number of amides is 1. The minimum Gasteiger partial charge on any atom is -0.349 e. The van der Waals surface area contributed by atoms with E-state index in [4.69, 9.17) is 5.14 Å². The van der Waals surface area contributed by atoms with Crippen LogP contribution in [0.4, 0.5) is 0 Å². The van der Waals surface area contributed by atoms with Crippen LogP contribution in [0.15, 0.2) is 4.90 Å². The third-order valence-corrected chi connectivity index (χ3v) is 5.07. The second-order valence-corrected chi connectivity index (χ2v) is 7.60. The van der Waals surface area contributed by atoms with Crippen LogP contribution in [0.2, 0.25) is 0 Å². The normalized spacial score (nSPS) is 14.8. The fourth-order valence-electron chi connectivity index (χ4n) is 1.51. The summed E-state index contributed by atoms with van der Waals surface area (Å²) in [5, 5.41) is 13.5. The van der Waals surface area contributed by atoms with Crippen molar-refractivity contribution in [3.63, 3.8) is 0 Å². The molecule has 1 heterocycles. The number of aromatic amines is 1. The number of nitrogens with zero attached hydrogens (tertiary/aromatic N) is 1. The predicted octanol–water partition coefficient (Wildman–Crippen LogP) is -0.884. The maximum absolute atomic E-state index is 12.0. The van der Waals surface area contributed by atoms with E-state index in [1.807, 2.05) is 0 Å². The monoisotopic (exact) mass is 322 g/mol. The van der Waals surface area contributed by atoms with Crippen molar-refractivity contribution in [1.82, 2.24) is 15.5 Å². The van der Waals surface area contributed by atoms with Crippen molar-refractivity contribution >= 4 is 26.7 Å². The molecule has 0 fully saturated rings. The van der Waals surface area contributed by atoms with Gasteiger partial charge in [-0.1, -0.05) is 6.92 Å². The molecular formula is C10H18N4O4S2. The third kappa shape index (κ3) is 3.87. The first-order chi connectivity index (χ1) is 9.18. The number of hydrogen-bond acceptors (Lipinski definition) is 5. The van der Waals surface area contributed by atoms with Crippen molar-refractivity contribution in [2.24, 2.45) is 5.14 Å². The Labute approximate surface area is 120 Å². The van der Waals surface area contributed by atoms with Crippen molar-refractivity contribution in [3.05, 3.63) is 11.4 Å². The van der Waals surface area contributed by atoms with Crippen LogP contribution in [-0.4, -0.2) is 46.8 Å². The molecule has 8 nitrogen and oxygen atoms in total. The molecule has 20 heavy (non-hydrogen) atoms. The first kappa shape index (κ1) is 16.8. The van der Waals surface area contributed by atoms with Crippen LogP contribution in [-0.2, 0) is 27.2 Å². The Hall–Kier alpha value is -1.26. The van der Waals surface area contributed by atoms with Gasteiger partial charge >= 0.3 is 0 Å². The number of rotatable bonds is 6. The summed E-state index contributed by atoms with van der Waals surface area (Å²) in [6.07, 6.45) is 1.87. The van der Waals surface area contributed by atoms with Gasteiger partial charge in [0.1, 0.15) is 4.90 Å². The van der Waals surface area contributed by atoms with Crippen LogP contribution < -0.4 is 10.5 Å². The van der Waals surface area contributed by atoms with Crippen molar-refractivity contribution in [1.29, 1.82) is 0 Å². The minimum atomic E-state index is -4.05. The molecule has 10 heteroatoms. The Morgan fingerprint density at radius 1 is 1.55 bits per heavy atom. The summed E-state index contributed by atoms with van der Waals surface area (Å²) in [6, 6.07) is 0. The molecule has 0 aliphatic heterocycles. The third-order valence-electron chi connectivity index (χ3n) is 2.76. The molecule has 0 radical (unpaired) electrons. The highest BCUT2D eigenvalue weighted by atomic mass is 32.2. The lowest BCUT2D eigenvalue weighted by Crippen LogP contribution is -2.34. The van der Waals surface area contributed by atoms with Crippen LogP contribution in [0.25, 0.3) is 0 Å². The Balaban J connectivity index is 3.00. The lowest BCUT2D eigenvalue weighted by molar-refractivity contribution is 0.0945. The molecule has 0 aliphatic carbocycles. The Kier molecular flexibility index (Phi) is 5.42. The van der Waals surface area contributed by atoms with Gasteiger partial charge in [-0.3, -0.25) is 14.1 Å². The van der Waals surface area contributed by atoms with Crippen molar-refractivity contribution in [3.8, 4) is 0 Å². The zero-order valence-corrected chi connectivity index (χ0v) is 13.1. The number of carbonyl (C=O) groups excluding carboxylic acids is 1. The van der Waals surface area contributed by atoms with E-state index in [-0.39, 0.29) is 28.1 Å². The second-order valence-electron chi connectivity index (χ2n) is 4.30. The molecule has 2 unspecified atom stereocenters. The van der Waals surface area contributed by atoms with Crippen LogP contribution in [0, 0.1) is 0 Å². The number of nitrogens with two attached hydrogens (primary N) is 1. The molecule has 1 aromatic rings. The van der Waals surface area contributed by atoms with Crippen LogP contribution in [0.1, 0.15) is 30.0 Å². The molecule has 0 spiro atoms. The number of aromatic nitrogens is 2. The number of sulfonamides is 1. The highest BCUT2D eigenvalue weighted by Gasteiger charge is 2.26. The second kappa shape index (κ2) is 6.46. The Bertz CT molecular complexity index is 623. The quantitative estimate of drug-likeness (QED) is 0.625. The van der Waals surface area contributed by atoms with Crippen LogP contribution in [0.3, 0.4) is 0 Å². The van der Waals surface area contributed by atoms with Gasteiger partial charge < -0.3 is 5.32 Å². The Morgan fingerprint density at radius 3 is 2.60 bits per heavy atom. The van der Waals surface area contributed by atoms with E-state index < -0.39 is 26.7 Å². The number of hydrogen-bond donors (Lipinski definition) is 3.